The molecule has 0 aliphatic rings. The van der Waals surface area contributed by atoms with Crippen LogP contribution >= 0.6 is 0 Å². The average Bonchev–Trinajstić information content (AvgIpc) is 2.94. The molecule has 0 fully saturated rings. The van der Waals surface area contributed by atoms with E-state index in [1.54, 1.807) is 0 Å². The molecule has 180 valence electrons. The van der Waals surface area contributed by atoms with Crippen LogP contribution in [0.5, 0.6) is 18.0 Å². The second-order valence-electron chi connectivity index (χ2n) is 7.59. The Labute approximate surface area is 208 Å². The van der Waals surface area contributed by atoms with Gasteiger partial charge in [-0.1, -0.05) is 106 Å². The Balaban J connectivity index is 1.58. The first-order valence-corrected chi connectivity index (χ1v) is 11.2. The minimum absolute atomic E-state index is 0.134. The molecule has 0 spiro atoms. The van der Waals surface area contributed by atoms with Gasteiger partial charge in [-0.25, -0.2) is 0 Å². The highest BCUT2D eigenvalue weighted by Crippen LogP contribution is 2.17. The lowest BCUT2D eigenvalue weighted by Crippen LogP contribution is -2.05. The Kier molecular flexibility index (Phi) is 8.06. The van der Waals surface area contributed by atoms with Crippen LogP contribution in [0.2, 0.25) is 0 Å². The minimum Gasteiger partial charge on any atom is -0.314 e. The first-order chi connectivity index (χ1) is 17.6. The molecule has 1 heterocycles. The molecule has 4 aromatic rings. The molecule has 0 aliphatic heterocycles. The second-order valence-corrected chi connectivity index (χ2v) is 7.59. The third kappa shape index (κ3) is 6.80. The van der Waals surface area contributed by atoms with E-state index < -0.39 is 0 Å². The van der Waals surface area contributed by atoms with Gasteiger partial charge in [0.25, 0.3) is 0 Å². The van der Waals surface area contributed by atoms with Crippen molar-refractivity contribution in [3.8, 4) is 18.0 Å². The highest BCUT2D eigenvalue weighted by Gasteiger charge is 2.12. The van der Waals surface area contributed by atoms with Crippen LogP contribution < -0.4 is 14.5 Å². The number of hydrogen-bond acceptors (Lipinski definition) is 9. The van der Waals surface area contributed by atoms with E-state index in [0.29, 0.717) is 17.1 Å². The number of oxime groups is 3. The van der Waals surface area contributed by atoms with Gasteiger partial charge < -0.3 is 14.5 Å². The van der Waals surface area contributed by atoms with Crippen LogP contribution in [0.1, 0.15) is 37.5 Å². The summed E-state index contributed by atoms with van der Waals surface area (Å²) in [5.74, 6) is 0. The molecular weight excluding hydrogens is 456 g/mol. The molecule has 0 N–H and O–H groups in total. The van der Waals surface area contributed by atoms with E-state index in [1.807, 2.05) is 112 Å². The molecule has 0 bridgehead atoms. The van der Waals surface area contributed by atoms with Gasteiger partial charge in [0.15, 0.2) is 0 Å². The maximum Gasteiger partial charge on any atom is 0.355 e. The predicted molar refractivity (Wildman–Crippen MR) is 138 cm³/mol. The summed E-state index contributed by atoms with van der Waals surface area (Å²) in [5, 5.41) is 12.3. The highest BCUT2D eigenvalue weighted by atomic mass is 16.7. The van der Waals surface area contributed by atoms with Crippen molar-refractivity contribution in [2.24, 2.45) is 15.5 Å². The first kappa shape index (κ1) is 24.2. The Hall–Kier alpha value is -4.92. The van der Waals surface area contributed by atoms with Gasteiger partial charge in [0, 0.05) is 0 Å². The maximum absolute atomic E-state index is 5.46. The molecule has 9 heteroatoms. The number of benzene rings is 3. The van der Waals surface area contributed by atoms with Crippen molar-refractivity contribution in [2.75, 3.05) is 0 Å². The van der Waals surface area contributed by atoms with E-state index in [-0.39, 0.29) is 18.0 Å². The maximum atomic E-state index is 5.46. The van der Waals surface area contributed by atoms with Crippen molar-refractivity contribution in [2.45, 2.75) is 20.8 Å². The van der Waals surface area contributed by atoms with Crippen LogP contribution in [0.25, 0.3) is 0 Å². The molecule has 0 unspecified atom stereocenters. The topological polar surface area (TPSA) is 103 Å². The molecule has 1 aromatic heterocycles. The monoisotopic (exact) mass is 480 g/mol. The van der Waals surface area contributed by atoms with Gasteiger partial charge in [0.05, 0.1) is 17.1 Å². The molecule has 0 radical (unpaired) electrons. The van der Waals surface area contributed by atoms with Crippen LogP contribution in [0, 0.1) is 0 Å². The molecule has 4 rings (SSSR count). The fourth-order valence-electron chi connectivity index (χ4n) is 2.97. The van der Waals surface area contributed by atoms with Crippen LogP contribution in [0.4, 0.5) is 0 Å². The fraction of sp³-hybridized carbons (Fsp3) is 0.111. The summed E-state index contributed by atoms with van der Waals surface area (Å²) in [6.07, 6.45) is 0. The average molecular weight is 481 g/mol. The zero-order valence-corrected chi connectivity index (χ0v) is 20.1. The molecule has 9 nitrogen and oxygen atoms in total. The fourth-order valence-corrected chi connectivity index (χ4v) is 2.97. The Morgan fingerprint density at radius 1 is 0.444 bits per heavy atom. The lowest BCUT2D eigenvalue weighted by atomic mass is 10.1. The molecule has 0 aliphatic carbocycles. The van der Waals surface area contributed by atoms with Gasteiger partial charge in [-0.15, -0.1) is 15.0 Å². The molecule has 36 heavy (non-hydrogen) atoms. The van der Waals surface area contributed by atoms with Crippen molar-refractivity contribution in [3.05, 3.63) is 108 Å². The van der Waals surface area contributed by atoms with Crippen LogP contribution in [-0.4, -0.2) is 32.1 Å². The van der Waals surface area contributed by atoms with E-state index in [0.717, 1.165) is 16.7 Å². The summed E-state index contributed by atoms with van der Waals surface area (Å²) in [4.78, 5) is 28.8. The van der Waals surface area contributed by atoms with Gasteiger partial charge in [0.1, 0.15) is 0 Å². The van der Waals surface area contributed by atoms with E-state index in [2.05, 4.69) is 30.4 Å². The largest absolute Gasteiger partial charge is 0.355 e. The van der Waals surface area contributed by atoms with Crippen molar-refractivity contribution in [1.82, 2.24) is 15.0 Å². The van der Waals surface area contributed by atoms with E-state index in [1.165, 1.54) is 0 Å². The van der Waals surface area contributed by atoms with Crippen molar-refractivity contribution in [3.63, 3.8) is 0 Å². The van der Waals surface area contributed by atoms with Crippen molar-refractivity contribution >= 4 is 17.1 Å². The SMILES string of the molecule is C/C(=N/Oc1nc(O/N=C(\C)c2ccccc2)nc(O/N=C(\C)c2ccccc2)n1)c1ccccc1. The Morgan fingerprint density at radius 3 is 0.944 bits per heavy atom. The standard InChI is InChI=1S/C27H24N6O3/c1-19(22-13-7-4-8-14-22)31-34-25-28-26(35-32-20(2)23-15-9-5-10-16-23)30-27(29-25)36-33-21(3)24-17-11-6-12-18-24/h4-18H,1-3H3/b31-19-,32-20+,33-21+. The highest BCUT2D eigenvalue weighted by molar-refractivity contribution is 5.99. The second kappa shape index (κ2) is 12.0. The van der Waals surface area contributed by atoms with E-state index in [4.69, 9.17) is 14.5 Å². The van der Waals surface area contributed by atoms with Crippen LogP contribution in [0.15, 0.2) is 106 Å². The number of nitrogens with zero attached hydrogens (tertiary/aromatic N) is 6. The number of rotatable bonds is 9. The summed E-state index contributed by atoms with van der Waals surface area (Å²) in [6, 6.07) is 28.3. The van der Waals surface area contributed by atoms with E-state index >= 15 is 0 Å². The molecule has 3 aromatic carbocycles. The quantitative estimate of drug-likeness (QED) is 0.238. The lowest BCUT2D eigenvalue weighted by molar-refractivity contribution is 0.250. The Morgan fingerprint density at radius 2 is 0.694 bits per heavy atom. The molecular formula is C27H24N6O3. The zero-order valence-electron chi connectivity index (χ0n) is 20.1. The summed E-state index contributed by atoms with van der Waals surface area (Å²) in [7, 11) is 0. The molecule has 0 atom stereocenters. The minimum atomic E-state index is -0.134. The number of hydrogen-bond donors (Lipinski definition) is 0. The van der Waals surface area contributed by atoms with Gasteiger partial charge >= 0.3 is 18.0 Å². The molecule has 0 saturated heterocycles. The summed E-state index contributed by atoms with van der Waals surface area (Å²) in [6.45, 7) is 5.44. The van der Waals surface area contributed by atoms with Gasteiger partial charge in [0.2, 0.25) is 0 Å². The number of aromatic nitrogens is 3. The normalized spacial score (nSPS) is 12.2. The van der Waals surface area contributed by atoms with Gasteiger partial charge in [-0.05, 0) is 37.5 Å². The van der Waals surface area contributed by atoms with Gasteiger partial charge in [-0.3, -0.25) is 0 Å². The third-order valence-corrected chi connectivity index (χ3v) is 4.94. The van der Waals surface area contributed by atoms with Gasteiger partial charge in [-0.2, -0.15) is 0 Å². The van der Waals surface area contributed by atoms with E-state index in [9.17, 15) is 0 Å². The smallest absolute Gasteiger partial charge is 0.314 e. The predicted octanol–water partition coefficient (Wildman–Crippen LogP) is 5.28. The van der Waals surface area contributed by atoms with Crippen molar-refractivity contribution < 1.29 is 14.5 Å². The third-order valence-electron chi connectivity index (χ3n) is 4.94. The van der Waals surface area contributed by atoms with Crippen molar-refractivity contribution in [1.29, 1.82) is 0 Å². The van der Waals surface area contributed by atoms with Crippen LogP contribution in [0.3, 0.4) is 0 Å². The van der Waals surface area contributed by atoms with Crippen LogP contribution in [-0.2, 0) is 0 Å². The summed E-state index contributed by atoms with van der Waals surface area (Å²) < 4.78 is 0. The zero-order chi connectivity index (χ0) is 25.2. The lowest BCUT2D eigenvalue weighted by Gasteiger charge is -2.05. The first-order valence-electron chi connectivity index (χ1n) is 11.2. The molecule has 0 amide bonds. The summed E-state index contributed by atoms with van der Waals surface area (Å²) in [5.41, 5.74) is 4.59. The summed E-state index contributed by atoms with van der Waals surface area (Å²) >= 11 is 0. The molecule has 0 saturated carbocycles. The Bertz CT molecular complexity index is 1190.